The second-order valence-electron chi connectivity index (χ2n) is 5.41. The molecule has 6 nitrogen and oxygen atoms in total. The molecule has 0 radical (unpaired) electrons. The lowest BCUT2D eigenvalue weighted by molar-refractivity contribution is 0.0487. The minimum Gasteiger partial charge on any atom is -0.397 e. The molecule has 0 heterocycles. The van der Waals surface area contributed by atoms with Gasteiger partial charge in [0, 0.05) is 20.6 Å². The number of nitrogen functional groups attached to an aromatic ring is 1. The van der Waals surface area contributed by atoms with E-state index in [1.807, 2.05) is 0 Å². The van der Waals surface area contributed by atoms with Gasteiger partial charge in [-0.15, -0.1) is 0 Å². The number of benzene rings is 1. The van der Waals surface area contributed by atoms with Crippen LogP contribution in [-0.2, 0) is 10.0 Å². The first-order valence-electron chi connectivity index (χ1n) is 6.54. The van der Waals surface area contributed by atoms with Crippen molar-refractivity contribution in [2.24, 2.45) is 5.92 Å². The van der Waals surface area contributed by atoms with Crippen molar-refractivity contribution in [1.82, 2.24) is 4.31 Å². The molecule has 0 atom stereocenters. The van der Waals surface area contributed by atoms with Crippen LogP contribution in [0.1, 0.15) is 12.8 Å². The SMILES string of the molecule is CN(C)S(=O)(=O)c1ccc(N)c(NCC2CC(O)C2)c1. The Balaban J connectivity index is 2.13. The Labute approximate surface area is 119 Å². The molecule has 0 saturated heterocycles. The summed E-state index contributed by atoms with van der Waals surface area (Å²) in [5.74, 6) is 0.415. The van der Waals surface area contributed by atoms with Crippen LogP contribution in [0.5, 0.6) is 0 Å². The molecule has 0 bridgehead atoms. The van der Waals surface area contributed by atoms with Crippen molar-refractivity contribution in [1.29, 1.82) is 0 Å². The van der Waals surface area contributed by atoms with Crippen LogP contribution in [0.25, 0.3) is 0 Å². The van der Waals surface area contributed by atoms with Crippen molar-refractivity contribution >= 4 is 21.4 Å². The molecule has 112 valence electrons. The van der Waals surface area contributed by atoms with Gasteiger partial charge in [-0.2, -0.15) is 0 Å². The zero-order chi connectivity index (χ0) is 14.9. The molecule has 0 aliphatic heterocycles. The number of sulfonamides is 1. The maximum absolute atomic E-state index is 12.1. The molecule has 1 fully saturated rings. The van der Waals surface area contributed by atoms with Crippen LogP contribution < -0.4 is 11.1 Å². The summed E-state index contributed by atoms with van der Waals surface area (Å²) in [4.78, 5) is 0.216. The molecule has 1 aliphatic carbocycles. The van der Waals surface area contributed by atoms with Crippen LogP contribution >= 0.6 is 0 Å². The topological polar surface area (TPSA) is 95.7 Å². The predicted octanol–water partition coefficient (Wildman–Crippen LogP) is 0.702. The van der Waals surface area contributed by atoms with E-state index < -0.39 is 10.0 Å². The molecule has 1 aromatic carbocycles. The highest BCUT2D eigenvalue weighted by Gasteiger charge is 2.27. The molecule has 2 rings (SSSR count). The summed E-state index contributed by atoms with van der Waals surface area (Å²) in [6, 6.07) is 4.65. The minimum atomic E-state index is -3.46. The molecule has 0 aromatic heterocycles. The Bertz CT molecular complexity index is 581. The highest BCUT2D eigenvalue weighted by molar-refractivity contribution is 7.89. The second kappa shape index (κ2) is 5.59. The number of nitrogens with one attached hydrogen (secondary N) is 1. The molecule has 0 unspecified atom stereocenters. The van der Waals surface area contributed by atoms with Gasteiger partial charge in [-0.25, -0.2) is 12.7 Å². The number of hydrogen-bond acceptors (Lipinski definition) is 5. The van der Waals surface area contributed by atoms with E-state index in [0.717, 1.165) is 12.8 Å². The molecular weight excluding hydrogens is 278 g/mol. The van der Waals surface area contributed by atoms with Gasteiger partial charge in [0.2, 0.25) is 10.0 Å². The van der Waals surface area contributed by atoms with Crippen LogP contribution in [0.4, 0.5) is 11.4 Å². The highest BCUT2D eigenvalue weighted by atomic mass is 32.2. The Hall–Kier alpha value is -1.31. The summed E-state index contributed by atoms with van der Waals surface area (Å²) in [7, 11) is -0.468. The number of aliphatic hydroxyl groups excluding tert-OH is 1. The lowest BCUT2D eigenvalue weighted by atomic mass is 9.82. The molecule has 0 spiro atoms. The number of nitrogens with two attached hydrogens (primary N) is 1. The fraction of sp³-hybridized carbons (Fsp3) is 0.538. The van der Waals surface area contributed by atoms with Crippen LogP contribution in [-0.4, -0.2) is 44.6 Å². The van der Waals surface area contributed by atoms with Gasteiger partial charge in [0.1, 0.15) is 0 Å². The largest absolute Gasteiger partial charge is 0.397 e. The van der Waals surface area contributed by atoms with E-state index in [1.165, 1.54) is 24.5 Å². The average Bonchev–Trinajstić information content (AvgIpc) is 2.34. The summed E-state index contributed by atoms with van der Waals surface area (Å²) in [5.41, 5.74) is 7.00. The molecule has 1 aliphatic rings. The molecule has 0 amide bonds. The Morgan fingerprint density at radius 2 is 2.05 bits per heavy atom. The van der Waals surface area contributed by atoms with Crippen LogP contribution in [0, 0.1) is 5.92 Å². The summed E-state index contributed by atoms with van der Waals surface area (Å²) in [5, 5.41) is 12.4. The zero-order valence-corrected chi connectivity index (χ0v) is 12.5. The quantitative estimate of drug-likeness (QED) is 0.696. The van der Waals surface area contributed by atoms with Crippen molar-refractivity contribution in [3.63, 3.8) is 0 Å². The van der Waals surface area contributed by atoms with Crippen molar-refractivity contribution in [2.45, 2.75) is 23.8 Å². The highest BCUT2D eigenvalue weighted by Crippen LogP contribution is 2.29. The van der Waals surface area contributed by atoms with E-state index in [-0.39, 0.29) is 11.0 Å². The van der Waals surface area contributed by atoms with Crippen molar-refractivity contribution in [3.8, 4) is 0 Å². The lowest BCUT2D eigenvalue weighted by Gasteiger charge is -2.31. The normalized spacial score (nSPS) is 22.6. The van der Waals surface area contributed by atoms with Gasteiger partial charge in [-0.1, -0.05) is 0 Å². The number of anilines is 2. The van der Waals surface area contributed by atoms with Crippen molar-refractivity contribution in [3.05, 3.63) is 18.2 Å². The number of hydrogen-bond donors (Lipinski definition) is 3. The van der Waals surface area contributed by atoms with Gasteiger partial charge in [-0.05, 0) is 37.0 Å². The van der Waals surface area contributed by atoms with E-state index in [9.17, 15) is 13.5 Å². The number of rotatable bonds is 5. The third-order valence-corrected chi connectivity index (χ3v) is 5.41. The maximum atomic E-state index is 12.1. The molecule has 1 aromatic rings. The minimum absolute atomic E-state index is 0.195. The average molecular weight is 299 g/mol. The fourth-order valence-corrected chi connectivity index (χ4v) is 3.11. The number of aliphatic hydroxyl groups is 1. The van der Waals surface area contributed by atoms with Crippen LogP contribution in [0.2, 0.25) is 0 Å². The molecule has 7 heteroatoms. The molecule has 4 N–H and O–H groups in total. The Kier molecular flexibility index (Phi) is 4.22. The predicted molar refractivity (Wildman–Crippen MR) is 78.9 cm³/mol. The van der Waals surface area contributed by atoms with Gasteiger partial charge >= 0.3 is 0 Å². The summed E-state index contributed by atoms with van der Waals surface area (Å²) < 4.78 is 25.3. The van der Waals surface area contributed by atoms with E-state index >= 15 is 0 Å². The number of nitrogens with zero attached hydrogens (tertiary/aromatic N) is 1. The monoisotopic (exact) mass is 299 g/mol. The van der Waals surface area contributed by atoms with E-state index in [4.69, 9.17) is 5.73 Å². The van der Waals surface area contributed by atoms with Crippen LogP contribution in [0.3, 0.4) is 0 Å². The first-order valence-corrected chi connectivity index (χ1v) is 7.98. The Morgan fingerprint density at radius 1 is 1.40 bits per heavy atom. The van der Waals surface area contributed by atoms with E-state index in [2.05, 4.69) is 5.32 Å². The standard InChI is InChI=1S/C13H21N3O3S/c1-16(2)20(18,19)11-3-4-12(14)13(7-11)15-8-9-5-10(17)6-9/h3-4,7,9-10,15,17H,5-6,8,14H2,1-2H3. The van der Waals surface area contributed by atoms with Crippen LogP contribution in [0.15, 0.2) is 23.1 Å². The molecular formula is C13H21N3O3S. The zero-order valence-electron chi connectivity index (χ0n) is 11.7. The molecule has 20 heavy (non-hydrogen) atoms. The smallest absolute Gasteiger partial charge is 0.242 e. The third-order valence-electron chi connectivity index (χ3n) is 3.60. The van der Waals surface area contributed by atoms with Gasteiger partial charge in [0.15, 0.2) is 0 Å². The maximum Gasteiger partial charge on any atom is 0.242 e. The summed E-state index contributed by atoms with van der Waals surface area (Å²) in [6.45, 7) is 0.687. The van der Waals surface area contributed by atoms with E-state index in [0.29, 0.717) is 23.8 Å². The molecule has 1 saturated carbocycles. The first kappa shape index (κ1) is 15.1. The summed E-state index contributed by atoms with van der Waals surface area (Å²) in [6.07, 6.45) is 1.37. The second-order valence-corrected chi connectivity index (χ2v) is 7.56. The van der Waals surface area contributed by atoms with Crippen molar-refractivity contribution in [2.75, 3.05) is 31.7 Å². The lowest BCUT2D eigenvalue weighted by Crippen LogP contribution is -2.33. The third kappa shape index (κ3) is 3.05. The Morgan fingerprint density at radius 3 is 2.60 bits per heavy atom. The first-order chi connectivity index (χ1) is 9.30. The van der Waals surface area contributed by atoms with Crippen molar-refractivity contribution < 1.29 is 13.5 Å². The fourth-order valence-electron chi connectivity index (χ4n) is 2.18. The van der Waals surface area contributed by atoms with Gasteiger partial charge in [0.25, 0.3) is 0 Å². The summed E-state index contributed by atoms with van der Waals surface area (Å²) >= 11 is 0. The van der Waals surface area contributed by atoms with Gasteiger partial charge in [-0.3, -0.25) is 0 Å². The van der Waals surface area contributed by atoms with Gasteiger partial charge in [0.05, 0.1) is 22.4 Å². The van der Waals surface area contributed by atoms with Gasteiger partial charge < -0.3 is 16.2 Å². The van der Waals surface area contributed by atoms with E-state index in [1.54, 1.807) is 12.1 Å².